The summed E-state index contributed by atoms with van der Waals surface area (Å²) in [6.07, 6.45) is 6.60. The average Bonchev–Trinajstić information content (AvgIpc) is 3.39. The van der Waals surface area contributed by atoms with E-state index in [2.05, 4.69) is 10.1 Å². The van der Waals surface area contributed by atoms with Crippen molar-refractivity contribution >= 4 is 28.8 Å². The second-order valence-corrected chi connectivity index (χ2v) is 10.7. The molecule has 4 aromatic rings. The van der Waals surface area contributed by atoms with Gasteiger partial charge in [0.1, 0.15) is 0 Å². The average molecular weight is 481 g/mol. The van der Waals surface area contributed by atoms with Gasteiger partial charge in [-0.1, -0.05) is 38.4 Å². The van der Waals surface area contributed by atoms with Crippen LogP contribution in [0.4, 0.5) is 0 Å². The molecule has 0 saturated carbocycles. The molecule has 0 aliphatic carbocycles. The Labute approximate surface area is 201 Å². The van der Waals surface area contributed by atoms with Gasteiger partial charge in [-0.2, -0.15) is 5.10 Å². The van der Waals surface area contributed by atoms with Gasteiger partial charge in [0.25, 0.3) is 11.5 Å². The minimum atomic E-state index is -0.586. The number of carbonyl (C=O) groups excluding carboxylic acids is 1. The smallest absolute Gasteiger partial charge is 0.252 e. The highest BCUT2D eigenvalue weighted by Crippen LogP contribution is 2.26. The molecule has 0 aromatic carbocycles. The van der Waals surface area contributed by atoms with Crippen LogP contribution in [0.3, 0.4) is 0 Å². The topological polar surface area (TPSA) is 69.8 Å². The maximum Gasteiger partial charge on any atom is 0.252 e. The molecule has 0 bridgehead atoms. The molecule has 33 heavy (non-hydrogen) atoms. The molecule has 0 spiro atoms. The lowest BCUT2D eigenvalue weighted by Crippen LogP contribution is -2.29. The van der Waals surface area contributed by atoms with Gasteiger partial charge in [0.2, 0.25) is 0 Å². The molecule has 6 nitrogen and oxygen atoms in total. The van der Waals surface area contributed by atoms with Gasteiger partial charge in [-0.3, -0.25) is 14.6 Å². The third kappa shape index (κ3) is 5.49. The number of thiophene rings is 1. The fourth-order valence-corrected chi connectivity index (χ4v) is 4.54. The SMILES string of the molecule is CC(C)(C)C(=O)n1nc(-c2ccn(Cc3cccnc3)c(=O)c2)cc1CCc1ccc(Cl)s1. The summed E-state index contributed by atoms with van der Waals surface area (Å²) >= 11 is 7.59. The van der Waals surface area contributed by atoms with E-state index in [4.69, 9.17) is 11.6 Å². The Bertz CT molecular complexity index is 1330. The van der Waals surface area contributed by atoms with Crippen molar-refractivity contribution in [1.82, 2.24) is 19.3 Å². The Morgan fingerprint density at radius 1 is 1.12 bits per heavy atom. The molecule has 0 saturated heterocycles. The predicted octanol–water partition coefficient (Wildman–Crippen LogP) is 5.34. The van der Waals surface area contributed by atoms with Crippen LogP contribution in [-0.4, -0.2) is 25.2 Å². The molecule has 4 aromatic heterocycles. The third-order valence-electron chi connectivity index (χ3n) is 5.24. The number of hydrogen-bond donors (Lipinski definition) is 0. The largest absolute Gasteiger partial charge is 0.311 e. The third-order valence-corrected chi connectivity index (χ3v) is 6.53. The highest BCUT2D eigenvalue weighted by Gasteiger charge is 2.27. The number of nitrogens with zero attached hydrogens (tertiary/aromatic N) is 4. The van der Waals surface area contributed by atoms with Crippen LogP contribution in [0.2, 0.25) is 4.34 Å². The van der Waals surface area contributed by atoms with Gasteiger partial charge in [0.15, 0.2) is 0 Å². The lowest BCUT2D eigenvalue weighted by atomic mass is 9.95. The van der Waals surface area contributed by atoms with E-state index < -0.39 is 5.41 Å². The predicted molar refractivity (Wildman–Crippen MR) is 132 cm³/mol. The molecule has 0 N–H and O–H groups in total. The van der Waals surface area contributed by atoms with Gasteiger partial charge in [-0.15, -0.1) is 11.3 Å². The van der Waals surface area contributed by atoms with Crippen molar-refractivity contribution in [3.63, 3.8) is 0 Å². The van der Waals surface area contributed by atoms with Crippen LogP contribution in [0.1, 0.15) is 41.7 Å². The zero-order valence-electron chi connectivity index (χ0n) is 18.8. The van der Waals surface area contributed by atoms with Crippen molar-refractivity contribution < 1.29 is 4.79 Å². The van der Waals surface area contributed by atoms with Crippen LogP contribution in [0, 0.1) is 5.41 Å². The molecule has 0 fully saturated rings. The van der Waals surface area contributed by atoms with E-state index >= 15 is 0 Å². The second-order valence-electron chi connectivity index (χ2n) is 8.94. The zero-order chi connectivity index (χ0) is 23.6. The quantitative estimate of drug-likeness (QED) is 0.373. The lowest BCUT2D eigenvalue weighted by molar-refractivity contribution is 0.0745. The van der Waals surface area contributed by atoms with Crippen molar-refractivity contribution in [3.8, 4) is 11.3 Å². The molecule has 0 aliphatic rings. The highest BCUT2D eigenvalue weighted by molar-refractivity contribution is 7.16. The Kier molecular flexibility index (Phi) is 6.63. The lowest BCUT2D eigenvalue weighted by Gasteiger charge is -2.17. The summed E-state index contributed by atoms with van der Waals surface area (Å²) in [6.45, 7) is 6.07. The molecule has 8 heteroatoms. The molecule has 0 aliphatic heterocycles. The summed E-state index contributed by atoms with van der Waals surface area (Å²) < 4.78 is 3.86. The van der Waals surface area contributed by atoms with Crippen molar-refractivity contribution in [3.05, 3.63) is 91.9 Å². The van der Waals surface area contributed by atoms with Gasteiger partial charge in [-0.25, -0.2) is 4.68 Å². The Hall–Kier alpha value is -3.03. The number of rotatable bonds is 6. The van der Waals surface area contributed by atoms with Crippen LogP contribution in [-0.2, 0) is 19.4 Å². The molecule has 0 amide bonds. The van der Waals surface area contributed by atoms with Crippen LogP contribution in [0.25, 0.3) is 11.3 Å². The van der Waals surface area contributed by atoms with Gasteiger partial charge in [0, 0.05) is 46.2 Å². The maximum absolute atomic E-state index is 13.1. The fourth-order valence-electron chi connectivity index (χ4n) is 3.46. The highest BCUT2D eigenvalue weighted by atomic mass is 35.5. The van der Waals surface area contributed by atoms with Crippen LogP contribution in [0.5, 0.6) is 0 Å². The van der Waals surface area contributed by atoms with Crippen molar-refractivity contribution in [1.29, 1.82) is 0 Å². The minimum Gasteiger partial charge on any atom is -0.311 e. The molecular formula is C25H25ClN4O2S. The Morgan fingerprint density at radius 3 is 2.58 bits per heavy atom. The van der Waals surface area contributed by atoms with Crippen LogP contribution in [0.15, 0.2) is 65.8 Å². The first-order valence-corrected chi connectivity index (χ1v) is 11.9. The molecule has 0 radical (unpaired) electrons. The molecule has 0 atom stereocenters. The van der Waals surface area contributed by atoms with Crippen molar-refractivity contribution in [2.45, 2.75) is 40.2 Å². The minimum absolute atomic E-state index is 0.0853. The van der Waals surface area contributed by atoms with E-state index in [1.807, 2.05) is 57.2 Å². The summed E-state index contributed by atoms with van der Waals surface area (Å²) in [5.41, 5.74) is 2.33. The van der Waals surface area contributed by atoms with Crippen molar-refractivity contribution in [2.75, 3.05) is 0 Å². The summed E-state index contributed by atoms with van der Waals surface area (Å²) in [7, 11) is 0. The summed E-state index contributed by atoms with van der Waals surface area (Å²) in [5, 5.41) is 4.61. The monoisotopic (exact) mass is 480 g/mol. The normalized spacial score (nSPS) is 11.6. The number of aryl methyl sites for hydroxylation is 2. The number of hydrogen-bond acceptors (Lipinski definition) is 5. The second kappa shape index (κ2) is 9.45. The van der Waals surface area contributed by atoms with Gasteiger partial charge in [-0.05, 0) is 48.7 Å². The first-order valence-electron chi connectivity index (χ1n) is 10.7. The number of aromatic nitrogens is 4. The van der Waals surface area contributed by atoms with E-state index in [-0.39, 0.29) is 11.5 Å². The molecule has 4 heterocycles. The summed E-state index contributed by atoms with van der Waals surface area (Å²) in [5.74, 6) is -0.0853. The summed E-state index contributed by atoms with van der Waals surface area (Å²) in [6, 6.07) is 13.0. The van der Waals surface area contributed by atoms with Crippen molar-refractivity contribution in [2.24, 2.45) is 5.41 Å². The standard InChI is InChI=1S/C25H25ClN4O2S/c1-25(2,3)24(32)30-19(6-7-20-8-9-22(26)33-20)14-21(28-30)18-10-12-29(23(31)13-18)16-17-5-4-11-27-15-17/h4-5,8-15H,6-7,16H2,1-3H3. The van der Waals surface area contributed by atoms with Crippen LogP contribution < -0.4 is 5.56 Å². The van der Waals surface area contributed by atoms with E-state index in [0.29, 0.717) is 24.2 Å². The summed E-state index contributed by atoms with van der Waals surface area (Å²) in [4.78, 5) is 31.1. The first kappa shape index (κ1) is 23.1. The zero-order valence-corrected chi connectivity index (χ0v) is 20.4. The number of halogens is 1. The molecular weight excluding hydrogens is 456 g/mol. The van der Waals surface area contributed by atoms with E-state index in [1.54, 1.807) is 29.2 Å². The molecule has 4 rings (SSSR count). The number of pyridine rings is 2. The van der Waals surface area contributed by atoms with Crippen LogP contribution >= 0.6 is 22.9 Å². The first-order chi connectivity index (χ1) is 15.7. The van der Waals surface area contributed by atoms with E-state index in [0.717, 1.165) is 26.9 Å². The van der Waals surface area contributed by atoms with E-state index in [1.165, 1.54) is 16.0 Å². The Morgan fingerprint density at radius 2 is 1.94 bits per heavy atom. The fraction of sp³-hybridized carbons (Fsp3) is 0.280. The van der Waals surface area contributed by atoms with E-state index in [9.17, 15) is 9.59 Å². The van der Waals surface area contributed by atoms with Gasteiger partial charge in [0.05, 0.1) is 16.6 Å². The molecule has 170 valence electrons. The molecule has 0 unspecified atom stereocenters. The van der Waals surface area contributed by atoms with Gasteiger partial charge >= 0.3 is 0 Å². The van der Waals surface area contributed by atoms with Gasteiger partial charge < -0.3 is 4.57 Å². The number of carbonyl (C=O) groups is 1. The maximum atomic E-state index is 13.1. The Balaban J connectivity index is 1.64.